The topological polar surface area (TPSA) is 0 Å². The fraction of sp³-hybridized carbons (Fsp3) is 0. The van der Waals surface area contributed by atoms with Gasteiger partial charge in [-0.1, -0.05) is 0 Å². The summed E-state index contributed by atoms with van der Waals surface area (Å²) in [5, 5.41) is -0.221. The highest BCUT2D eigenvalue weighted by Gasteiger charge is 2.18. The largest absolute Gasteiger partial charge is 0.203 e. The summed E-state index contributed by atoms with van der Waals surface area (Å²) < 4.78 is 49.1. The number of rotatable bonds is 0. The van der Waals surface area contributed by atoms with Gasteiger partial charge in [0.2, 0.25) is 11.6 Å². The Morgan fingerprint density at radius 2 is 1.45 bits per heavy atom. The zero-order valence-electron chi connectivity index (χ0n) is 5.30. The van der Waals surface area contributed by atoms with E-state index < -0.39 is 23.3 Å². The van der Waals surface area contributed by atoms with Crippen LogP contribution in [-0.4, -0.2) is 0 Å². The van der Waals surface area contributed by atoms with Gasteiger partial charge in [0.25, 0.3) is 0 Å². The molecule has 60 valence electrons. The summed E-state index contributed by atoms with van der Waals surface area (Å²) in [5.74, 6) is -6.22. The molecule has 0 nitrogen and oxygen atoms in total. The average molecular weight is 183 g/mol. The third kappa shape index (κ3) is 1.36. The Morgan fingerprint density at radius 3 is 2.00 bits per heavy atom. The van der Waals surface area contributed by atoms with Gasteiger partial charge in [0.1, 0.15) is 5.30 Å². The first-order valence-electron chi connectivity index (χ1n) is 2.69. The van der Waals surface area contributed by atoms with Gasteiger partial charge >= 0.3 is 0 Å². The molecular weight excluding hydrogens is 179 g/mol. The minimum Gasteiger partial charge on any atom is -0.203 e. The first-order chi connectivity index (χ1) is 5.04. The molecule has 1 unspecified atom stereocenters. The molecular formula is C6H4F4P+. The lowest BCUT2D eigenvalue weighted by atomic mass is 10.3. The van der Waals surface area contributed by atoms with Crippen LogP contribution in [0.15, 0.2) is 6.07 Å². The van der Waals surface area contributed by atoms with Crippen LogP contribution in [0.5, 0.6) is 0 Å². The molecule has 0 saturated carbocycles. The first-order valence-corrected chi connectivity index (χ1v) is 3.39. The highest BCUT2D eigenvalue weighted by Crippen LogP contribution is 2.13. The molecule has 0 bridgehead atoms. The molecule has 0 radical (unpaired) electrons. The van der Waals surface area contributed by atoms with E-state index >= 15 is 0 Å². The van der Waals surface area contributed by atoms with Crippen LogP contribution in [0.3, 0.4) is 0 Å². The lowest BCUT2D eigenvalue weighted by molar-refractivity contribution is 0.413. The Kier molecular flexibility index (Phi) is 2.14. The fourth-order valence-electron chi connectivity index (χ4n) is 0.622. The summed E-state index contributed by atoms with van der Waals surface area (Å²) in [6.07, 6.45) is 0. The SMILES string of the molecule is Fc1cc([PH3+])c(F)c(F)c1F. The third-order valence-electron chi connectivity index (χ3n) is 1.18. The van der Waals surface area contributed by atoms with Gasteiger partial charge in [-0.2, -0.15) is 4.39 Å². The Morgan fingerprint density at radius 1 is 0.909 bits per heavy atom. The zero-order chi connectivity index (χ0) is 8.59. The Hall–Kier alpha value is -0.630. The van der Waals surface area contributed by atoms with E-state index in [-0.39, 0.29) is 5.30 Å². The van der Waals surface area contributed by atoms with Crippen LogP contribution in [0, 0.1) is 23.3 Å². The van der Waals surface area contributed by atoms with Crippen molar-refractivity contribution in [2.24, 2.45) is 0 Å². The van der Waals surface area contributed by atoms with Crippen molar-refractivity contribution >= 4 is 14.5 Å². The van der Waals surface area contributed by atoms with Crippen LogP contribution < -0.4 is 5.30 Å². The highest BCUT2D eigenvalue weighted by atomic mass is 31.0. The number of halogens is 4. The second-order valence-electron chi connectivity index (χ2n) is 1.96. The number of hydrogen-bond acceptors (Lipinski definition) is 0. The normalized spacial score (nSPS) is 10.5. The van der Waals surface area contributed by atoms with Crippen molar-refractivity contribution in [3.8, 4) is 0 Å². The lowest BCUT2D eigenvalue weighted by Crippen LogP contribution is -2.07. The Balaban J connectivity index is 3.46. The molecule has 0 aliphatic heterocycles. The molecule has 1 aromatic rings. The van der Waals surface area contributed by atoms with Crippen molar-refractivity contribution in [1.29, 1.82) is 0 Å². The lowest BCUT2D eigenvalue weighted by Gasteiger charge is -1.96. The summed E-state index contributed by atoms with van der Waals surface area (Å²) in [6, 6.07) is 0.617. The van der Waals surface area contributed by atoms with Gasteiger partial charge in [-0.3, -0.25) is 0 Å². The van der Waals surface area contributed by atoms with Gasteiger partial charge in [0, 0.05) is 15.3 Å². The van der Waals surface area contributed by atoms with Gasteiger partial charge in [-0.25, -0.2) is 13.2 Å². The minimum absolute atomic E-state index is 0.221. The van der Waals surface area contributed by atoms with E-state index in [4.69, 9.17) is 0 Å². The molecule has 0 aliphatic carbocycles. The van der Waals surface area contributed by atoms with E-state index in [0.717, 1.165) is 9.24 Å². The molecule has 0 heterocycles. The van der Waals surface area contributed by atoms with E-state index in [9.17, 15) is 17.6 Å². The van der Waals surface area contributed by atoms with Crippen molar-refractivity contribution < 1.29 is 17.6 Å². The Labute approximate surface area is 62.4 Å². The molecule has 1 atom stereocenters. The fourth-order valence-corrected chi connectivity index (χ4v) is 0.956. The highest BCUT2D eigenvalue weighted by molar-refractivity contribution is 7.27. The molecule has 1 rings (SSSR count). The zero-order valence-corrected chi connectivity index (χ0v) is 6.71. The molecule has 0 aromatic heterocycles. The molecule has 5 heteroatoms. The predicted octanol–water partition coefficient (Wildman–Crippen LogP) is 1.48. The number of hydrogen-bond donors (Lipinski definition) is 0. The van der Waals surface area contributed by atoms with E-state index in [1.165, 1.54) is 0 Å². The second kappa shape index (κ2) is 2.78. The predicted molar refractivity (Wildman–Crippen MR) is 37.0 cm³/mol. The van der Waals surface area contributed by atoms with Crippen LogP contribution in [0.2, 0.25) is 0 Å². The van der Waals surface area contributed by atoms with Gasteiger partial charge in [-0.05, 0) is 0 Å². The maximum absolute atomic E-state index is 12.4. The average Bonchev–Trinajstić information content (AvgIpc) is 1.97. The minimum atomic E-state index is -1.77. The van der Waals surface area contributed by atoms with Crippen LogP contribution in [0.1, 0.15) is 0 Å². The van der Waals surface area contributed by atoms with Crippen LogP contribution in [-0.2, 0) is 0 Å². The van der Waals surface area contributed by atoms with Crippen molar-refractivity contribution in [3.05, 3.63) is 29.3 Å². The van der Waals surface area contributed by atoms with Gasteiger partial charge in [0.15, 0.2) is 11.6 Å². The van der Waals surface area contributed by atoms with E-state index in [1.54, 1.807) is 0 Å². The summed E-state index contributed by atoms with van der Waals surface area (Å²) in [6.45, 7) is 0. The van der Waals surface area contributed by atoms with Gasteiger partial charge in [-0.15, -0.1) is 0 Å². The standard InChI is InChI=1S/C6H3F4P/c7-2-1-3(11)5(9)6(10)4(2)8/h1H,11H2/p+1. The van der Waals surface area contributed by atoms with Crippen molar-refractivity contribution in [2.45, 2.75) is 0 Å². The molecule has 0 aliphatic rings. The molecule has 0 fully saturated rings. The van der Waals surface area contributed by atoms with Crippen LogP contribution in [0.4, 0.5) is 17.6 Å². The third-order valence-corrected chi connectivity index (χ3v) is 1.69. The molecule has 0 saturated heterocycles. The Bertz CT molecular complexity index is 271. The maximum Gasteiger partial charge on any atom is 0.203 e. The smallest absolute Gasteiger partial charge is 0.203 e. The van der Waals surface area contributed by atoms with E-state index in [2.05, 4.69) is 0 Å². The van der Waals surface area contributed by atoms with Crippen LogP contribution >= 0.6 is 9.24 Å². The summed E-state index contributed by atoms with van der Waals surface area (Å²) in [4.78, 5) is 0. The first kappa shape index (κ1) is 8.47. The van der Waals surface area contributed by atoms with Gasteiger partial charge in [0.05, 0.1) is 0 Å². The van der Waals surface area contributed by atoms with Crippen molar-refractivity contribution in [3.63, 3.8) is 0 Å². The molecule has 11 heavy (non-hydrogen) atoms. The van der Waals surface area contributed by atoms with E-state index in [1.807, 2.05) is 0 Å². The molecule has 0 amide bonds. The molecule has 1 aromatic carbocycles. The van der Waals surface area contributed by atoms with Crippen molar-refractivity contribution in [1.82, 2.24) is 0 Å². The molecule has 0 spiro atoms. The summed E-state index contributed by atoms with van der Waals surface area (Å²) >= 11 is 0. The quantitative estimate of drug-likeness (QED) is 0.247. The maximum atomic E-state index is 12.4. The van der Waals surface area contributed by atoms with Crippen LogP contribution in [0.25, 0.3) is 0 Å². The second-order valence-corrected chi connectivity index (χ2v) is 2.72. The van der Waals surface area contributed by atoms with Gasteiger partial charge < -0.3 is 0 Å². The summed E-state index contributed by atoms with van der Waals surface area (Å²) in [7, 11) is 0.953. The van der Waals surface area contributed by atoms with E-state index in [0.29, 0.717) is 6.07 Å². The molecule has 0 N–H and O–H groups in total. The number of benzene rings is 1. The monoisotopic (exact) mass is 183 g/mol. The summed E-state index contributed by atoms with van der Waals surface area (Å²) in [5.41, 5.74) is 0. The van der Waals surface area contributed by atoms with Crippen molar-refractivity contribution in [2.75, 3.05) is 0 Å².